The smallest absolute Gasteiger partial charge is 0.175 e. The SMILES string of the molecule is CC(c1ccc(S(C)(=O)=O)cc1)N(C)Cc1ccc(F)cc1Cl. The first-order chi connectivity index (χ1) is 10.7. The van der Waals surface area contributed by atoms with Gasteiger partial charge in [-0.15, -0.1) is 0 Å². The molecule has 0 radical (unpaired) electrons. The van der Waals surface area contributed by atoms with Crippen molar-refractivity contribution in [1.29, 1.82) is 0 Å². The van der Waals surface area contributed by atoms with E-state index in [1.807, 2.05) is 26.1 Å². The van der Waals surface area contributed by atoms with Crippen molar-refractivity contribution in [2.45, 2.75) is 24.4 Å². The van der Waals surface area contributed by atoms with Crippen LogP contribution < -0.4 is 0 Å². The fourth-order valence-electron chi connectivity index (χ4n) is 2.30. The van der Waals surface area contributed by atoms with Crippen molar-refractivity contribution in [3.05, 3.63) is 64.4 Å². The van der Waals surface area contributed by atoms with Gasteiger partial charge in [0.1, 0.15) is 5.82 Å². The van der Waals surface area contributed by atoms with Crippen LogP contribution in [-0.4, -0.2) is 26.6 Å². The van der Waals surface area contributed by atoms with Gasteiger partial charge in [0.15, 0.2) is 9.84 Å². The van der Waals surface area contributed by atoms with E-state index in [2.05, 4.69) is 4.90 Å². The van der Waals surface area contributed by atoms with Crippen LogP contribution in [0.5, 0.6) is 0 Å². The Labute approximate surface area is 141 Å². The van der Waals surface area contributed by atoms with Gasteiger partial charge in [0.25, 0.3) is 0 Å². The predicted octanol–water partition coefficient (Wildman–Crippen LogP) is 4.08. The molecule has 6 heteroatoms. The largest absolute Gasteiger partial charge is 0.295 e. The molecule has 0 aliphatic carbocycles. The van der Waals surface area contributed by atoms with E-state index in [0.717, 1.165) is 11.1 Å². The Balaban J connectivity index is 2.14. The van der Waals surface area contributed by atoms with Crippen molar-refractivity contribution in [3.63, 3.8) is 0 Å². The van der Waals surface area contributed by atoms with Gasteiger partial charge in [-0.3, -0.25) is 4.90 Å². The third-order valence-electron chi connectivity index (χ3n) is 3.89. The Morgan fingerprint density at radius 2 is 1.78 bits per heavy atom. The first kappa shape index (κ1) is 17.9. The molecule has 23 heavy (non-hydrogen) atoms. The molecule has 0 fully saturated rings. The summed E-state index contributed by atoms with van der Waals surface area (Å²) in [7, 11) is -1.25. The van der Waals surface area contributed by atoms with Crippen molar-refractivity contribution < 1.29 is 12.8 Å². The van der Waals surface area contributed by atoms with Crippen LogP contribution in [0, 0.1) is 5.82 Å². The molecule has 0 bridgehead atoms. The fraction of sp³-hybridized carbons (Fsp3) is 0.294. The molecule has 0 aromatic heterocycles. The summed E-state index contributed by atoms with van der Waals surface area (Å²) in [5.41, 5.74) is 1.84. The minimum absolute atomic E-state index is 0.0599. The normalized spacial score (nSPS) is 13.3. The van der Waals surface area contributed by atoms with Crippen LogP contribution >= 0.6 is 11.6 Å². The van der Waals surface area contributed by atoms with Crippen LogP contribution in [0.25, 0.3) is 0 Å². The van der Waals surface area contributed by atoms with Gasteiger partial charge in [-0.2, -0.15) is 0 Å². The summed E-state index contributed by atoms with van der Waals surface area (Å²) in [6, 6.07) is 11.3. The number of hydrogen-bond acceptors (Lipinski definition) is 3. The molecule has 2 aromatic rings. The Bertz CT molecular complexity index is 791. The molecule has 0 spiro atoms. The molecule has 1 unspecified atom stereocenters. The molecular formula is C17H19ClFNO2S. The highest BCUT2D eigenvalue weighted by molar-refractivity contribution is 7.90. The van der Waals surface area contributed by atoms with E-state index >= 15 is 0 Å². The van der Waals surface area contributed by atoms with Crippen LogP contribution in [0.2, 0.25) is 5.02 Å². The number of nitrogens with zero attached hydrogens (tertiary/aromatic N) is 1. The summed E-state index contributed by atoms with van der Waals surface area (Å²) >= 11 is 6.06. The Kier molecular flexibility index (Phi) is 5.45. The summed E-state index contributed by atoms with van der Waals surface area (Å²) in [5.74, 6) is -0.356. The standard InChI is InChI=1S/C17H19ClFNO2S/c1-12(13-5-8-16(9-6-13)23(3,21)22)20(2)11-14-4-7-15(19)10-17(14)18/h4-10,12H,11H2,1-3H3. The summed E-state index contributed by atoms with van der Waals surface area (Å²) in [4.78, 5) is 2.37. The Morgan fingerprint density at radius 1 is 1.17 bits per heavy atom. The van der Waals surface area contributed by atoms with Gasteiger partial charge in [-0.05, 0) is 49.4 Å². The van der Waals surface area contributed by atoms with Crippen molar-refractivity contribution in [2.24, 2.45) is 0 Å². The van der Waals surface area contributed by atoms with Gasteiger partial charge in [0, 0.05) is 23.9 Å². The lowest BCUT2D eigenvalue weighted by molar-refractivity contribution is 0.253. The van der Waals surface area contributed by atoms with E-state index in [0.29, 0.717) is 16.5 Å². The second-order valence-electron chi connectivity index (χ2n) is 5.67. The third kappa shape index (κ3) is 4.53. The van der Waals surface area contributed by atoms with Gasteiger partial charge < -0.3 is 0 Å². The molecular weight excluding hydrogens is 337 g/mol. The first-order valence-corrected chi connectivity index (χ1v) is 9.39. The molecule has 0 aliphatic heterocycles. The minimum Gasteiger partial charge on any atom is -0.295 e. The third-order valence-corrected chi connectivity index (χ3v) is 5.37. The zero-order valence-corrected chi connectivity index (χ0v) is 14.8. The molecule has 0 saturated heterocycles. The number of benzene rings is 2. The lowest BCUT2D eigenvalue weighted by Crippen LogP contribution is -2.22. The van der Waals surface area contributed by atoms with E-state index in [-0.39, 0.29) is 11.9 Å². The minimum atomic E-state index is -3.19. The molecule has 0 aliphatic rings. The lowest BCUT2D eigenvalue weighted by atomic mass is 10.1. The lowest BCUT2D eigenvalue weighted by Gasteiger charge is -2.25. The number of halogens is 2. The number of hydrogen-bond donors (Lipinski definition) is 0. The molecule has 0 N–H and O–H groups in total. The second-order valence-corrected chi connectivity index (χ2v) is 8.09. The van der Waals surface area contributed by atoms with Gasteiger partial charge in [0.05, 0.1) is 4.90 Å². The van der Waals surface area contributed by atoms with Crippen LogP contribution in [0.15, 0.2) is 47.4 Å². The van der Waals surface area contributed by atoms with E-state index in [1.54, 1.807) is 18.2 Å². The molecule has 3 nitrogen and oxygen atoms in total. The highest BCUT2D eigenvalue weighted by atomic mass is 35.5. The molecule has 124 valence electrons. The van der Waals surface area contributed by atoms with Gasteiger partial charge in [0.2, 0.25) is 0 Å². The van der Waals surface area contributed by atoms with E-state index in [4.69, 9.17) is 11.6 Å². The summed E-state index contributed by atoms with van der Waals surface area (Å²) in [5, 5.41) is 0.400. The van der Waals surface area contributed by atoms with Gasteiger partial charge in [-0.1, -0.05) is 29.8 Å². The zero-order chi connectivity index (χ0) is 17.2. The Morgan fingerprint density at radius 3 is 2.30 bits per heavy atom. The molecule has 0 saturated carbocycles. The summed E-state index contributed by atoms with van der Waals surface area (Å²) in [6.07, 6.45) is 1.19. The topological polar surface area (TPSA) is 37.4 Å². The highest BCUT2D eigenvalue weighted by Crippen LogP contribution is 2.25. The molecule has 2 aromatic carbocycles. The Hall–Kier alpha value is -1.43. The number of sulfone groups is 1. The van der Waals surface area contributed by atoms with Gasteiger partial charge in [-0.25, -0.2) is 12.8 Å². The maximum Gasteiger partial charge on any atom is 0.175 e. The van der Waals surface area contributed by atoms with E-state index in [1.165, 1.54) is 18.4 Å². The van der Waals surface area contributed by atoms with Crippen molar-refractivity contribution in [1.82, 2.24) is 4.90 Å². The molecule has 0 amide bonds. The van der Waals surface area contributed by atoms with E-state index in [9.17, 15) is 12.8 Å². The summed E-state index contributed by atoms with van der Waals surface area (Å²) in [6.45, 7) is 2.58. The average molecular weight is 356 g/mol. The van der Waals surface area contributed by atoms with E-state index < -0.39 is 9.84 Å². The van der Waals surface area contributed by atoms with Crippen LogP contribution in [0.1, 0.15) is 24.1 Å². The maximum atomic E-state index is 13.1. The number of rotatable bonds is 5. The quantitative estimate of drug-likeness (QED) is 0.811. The van der Waals surface area contributed by atoms with Crippen molar-refractivity contribution in [2.75, 3.05) is 13.3 Å². The van der Waals surface area contributed by atoms with Crippen LogP contribution in [0.3, 0.4) is 0 Å². The highest BCUT2D eigenvalue weighted by Gasteiger charge is 2.15. The molecule has 0 heterocycles. The maximum absolute atomic E-state index is 13.1. The average Bonchev–Trinajstić information content (AvgIpc) is 2.48. The van der Waals surface area contributed by atoms with Crippen LogP contribution in [0.4, 0.5) is 4.39 Å². The first-order valence-electron chi connectivity index (χ1n) is 7.12. The monoisotopic (exact) mass is 355 g/mol. The second kappa shape index (κ2) is 6.99. The fourth-order valence-corrected chi connectivity index (χ4v) is 3.16. The van der Waals surface area contributed by atoms with Crippen molar-refractivity contribution in [3.8, 4) is 0 Å². The van der Waals surface area contributed by atoms with Gasteiger partial charge >= 0.3 is 0 Å². The predicted molar refractivity (Wildman–Crippen MR) is 90.8 cm³/mol. The molecule has 2 rings (SSSR count). The zero-order valence-electron chi connectivity index (χ0n) is 13.3. The van der Waals surface area contributed by atoms with Crippen LogP contribution in [-0.2, 0) is 16.4 Å². The van der Waals surface area contributed by atoms with Crippen molar-refractivity contribution >= 4 is 21.4 Å². The molecule has 1 atom stereocenters. The summed E-state index contributed by atoms with van der Waals surface area (Å²) < 4.78 is 36.1.